The highest BCUT2D eigenvalue weighted by Gasteiger charge is 2.26. The third kappa shape index (κ3) is 3.15. The summed E-state index contributed by atoms with van der Waals surface area (Å²) in [6.07, 6.45) is 1.10. The van der Waals surface area contributed by atoms with Gasteiger partial charge in [-0.05, 0) is 29.7 Å². The van der Waals surface area contributed by atoms with Crippen molar-refractivity contribution in [2.45, 2.75) is 13.0 Å². The first-order valence-electron chi connectivity index (χ1n) is 7.05. The Bertz CT molecular complexity index is 518. The Labute approximate surface area is 124 Å². The van der Waals surface area contributed by atoms with E-state index in [0.717, 1.165) is 37.6 Å². The van der Waals surface area contributed by atoms with Crippen LogP contribution in [0.25, 0.3) is 0 Å². The summed E-state index contributed by atoms with van der Waals surface area (Å²) in [4.78, 5) is 2.43. The van der Waals surface area contributed by atoms with Gasteiger partial charge in [-0.1, -0.05) is 23.7 Å². The zero-order valence-corrected chi connectivity index (χ0v) is 12.2. The van der Waals surface area contributed by atoms with Crippen LogP contribution in [0.15, 0.2) is 35.5 Å². The number of benzene rings is 1. The van der Waals surface area contributed by atoms with E-state index in [4.69, 9.17) is 16.7 Å². The number of hydrazine groups is 1. The van der Waals surface area contributed by atoms with Gasteiger partial charge in [-0.2, -0.15) is 0 Å². The van der Waals surface area contributed by atoms with E-state index in [1.165, 1.54) is 16.8 Å². The minimum absolute atomic E-state index is 0.194. The highest BCUT2D eigenvalue weighted by Crippen LogP contribution is 2.23. The lowest BCUT2D eigenvalue weighted by molar-refractivity contribution is 0.181. The maximum atomic E-state index is 9.01. The molecule has 1 aromatic rings. The summed E-state index contributed by atoms with van der Waals surface area (Å²) in [5, 5.41) is 11.9. The van der Waals surface area contributed by atoms with E-state index in [1.807, 2.05) is 18.2 Å². The van der Waals surface area contributed by atoms with Crippen LogP contribution in [-0.2, 0) is 6.54 Å². The Morgan fingerprint density at radius 2 is 2.20 bits per heavy atom. The first-order chi connectivity index (χ1) is 9.74. The Balaban J connectivity index is 1.60. The van der Waals surface area contributed by atoms with Crippen molar-refractivity contribution >= 4 is 11.6 Å². The standard InChI is InChI=1S/C15H20ClN3O/c16-14-3-1-2-12(8-14)9-18-5-4-13-10-19(6-7-20)17-15(13)11-18/h1-3,8,17,20H,4-7,9-11H2. The van der Waals surface area contributed by atoms with Gasteiger partial charge in [0.25, 0.3) is 0 Å². The minimum Gasteiger partial charge on any atom is -0.395 e. The molecule has 0 bridgehead atoms. The van der Waals surface area contributed by atoms with Crippen LogP contribution in [0.2, 0.25) is 5.02 Å². The molecule has 0 aromatic heterocycles. The molecule has 0 saturated carbocycles. The van der Waals surface area contributed by atoms with Crippen LogP contribution < -0.4 is 5.43 Å². The molecule has 2 heterocycles. The van der Waals surface area contributed by atoms with Crippen molar-refractivity contribution < 1.29 is 5.11 Å². The topological polar surface area (TPSA) is 38.7 Å². The number of nitrogens with zero attached hydrogens (tertiary/aromatic N) is 2. The van der Waals surface area contributed by atoms with Gasteiger partial charge in [0, 0.05) is 43.4 Å². The molecule has 0 fully saturated rings. The van der Waals surface area contributed by atoms with Crippen molar-refractivity contribution in [1.82, 2.24) is 15.3 Å². The molecule has 3 rings (SSSR count). The second-order valence-electron chi connectivity index (χ2n) is 5.43. The smallest absolute Gasteiger partial charge is 0.0577 e. The first kappa shape index (κ1) is 13.9. The normalized spacial score (nSPS) is 20.1. The van der Waals surface area contributed by atoms with Crippen molar-refractivity contribution in [2.24, 2.45) is 0 Å². The fourth-order valence-corrected chi connectivity index (χ4v) is 3.11. The zero-order valence-electron chi connectivity index (χ0n) is 11.5. The van der Waals surface area contributed by atoms with Crippen LogP contribution >= 0.6 is 11.6 Å². The maximum Gasteiger partial charge on any atom is 0.0577 e. The molecule has 20 heavy (non-hydrogen) atoms. The molecule has 5 heteroatoms. The molecule has 0 unspecified atom stereocenters. The van der Waals surface area contributed by atoms with Crippen molar-refractivity contribution in [2.75, 3.05) is 32.8 Å². The second-order valence-corrected chi connectivity index (χ2v) is 5.87. The first-order valence-corrected chi connectivity index (χ1v) is 7.42. The maximum absolute atomic E-state index is 9.01. The Morgan fingerprint density at radius 3 is 3.00 bits per heavy atom. The van der Waals surface area contributed by atoms with Crippen molar-refractivity contribution in [3.05, 3.63) is 46.1 Å². The van der Waals surface area contributed by atoms with Gasteiger partial charge in [0.1, 0.15) is 0 Å². The number of aliphatic hydroxyl groups excluding tert-OH is 1. The summed E-state index contributed by atoms with van der Waals surface area (Å²) in [6.45, 7) is 4.78. The van der Waals surface area contributed by atoms with Gasteiger partial charge < -0.3 is 10.5 Å². The number of hydrogen-bond acceptors (Lipinski definition) is 4. The highest BCUT2D eigenvalue weighted by atomic mass is 35.5. The molecule has 0 spiro atoms. The van der Waals surface area contributed by atoms with Gasteiger partial charge in [-0.25, -0.2) is 5.01 Å². The molecule has 0 amide bonds. The molecule has 2 N–H and O–H groups in total. The lowest BCUT2D eigenvalue weighted by Gasteiger charge is -2.27. The summed E-state index contributed by atoms with van der Waals surface area (Å²) in [5.74, 6) is 0. The molecule has 0 atom stereocenters. The van der Waals surface area contributed by atoms with Gasteiger partial charge in [0.2, 0.25) is 0 Å². The van der Waals surface area contributed by atoms with E-state index in [1.54, 1.807) is 0 Å². The van der Waals surface area contributed by atoms with Crippen LogP contribution in [0.3, 0.4) is 0 Å². The molecule has 108 valence electrons. The molecule has 0 radical (unpaired) electrons. The van der Waals surface area contributed by atoms with Crippen LogP contribution in [-0.4, -0.2) is 47.8 Å². The van der Waals surface area contributed by atoms with Crippen molar-refractivity contribution in [3.8, 4) is 0 Å². The summed E-state index contributed by atoms with van der Waals surface area (Å²) < 4.78 is 0. The Morgan fingerprint density at radius 1 is 1.30 bits per heavy atom. The molecule has 1 aromatic carbocycles. The molecule has 0 saturated heterocycles. The molecule has 2 aliphatic rings. The van der Waals surface area contributed by atoms with E-state index in [9.17, 15) is 0 Å². The van der Waals surface area contributed by atoms with E-state index in [2.05, 4.69) is 21.4 Å². The predicted octanol–water partition coefficient (Wildman–Crippen LogP) is 1.61. The van der Waals surface area contributed by atoms with E-state index in [0.29, 0.717) is 6.54 Å². The average Bonchev–Trinajstić information content (AvgIpc) is 2.81. The number of aliphatic hydroxyl groups is 1. The lowest BCUT2D eigenvalue weighted by Crippen LogP contribution is -2.37. The van der Waals surface area contributed by atoms with Gasteiger partial charge in [-0.3, -0.25) is 4.90 Å². The second kappa shape index (κ2) is 6.14. The van der Waals surface area contributed by atoms with Gasteiger partial charge in [0.15, 0.2) is 0 Å². The third-order valence-electron chi connectivity index (χ3n) is 3.88. The number of β-amino-alcohol motifs (C(OH)–C–C–N with tert-alkyl or cyclic N) is 1. The van der Waals surface area contributed by atoms with Gasteiger partial charge in [-0.15, -0.1) is 0 Å². The average molecular weight is 294 g/mol. The largest absolute Gasteiger partial charge is 0.395 e. The van der Waals surface area contributed by atoms with Crippen molar-refractivity contribution in [3.63, 3.8) is 0 Å². The lowest BCUT2D eigenvalue weighted by atomic mass is 10.1. The van der Waals surface area contributed by atoms with E-state index < -0.39 is 0 Å². The summed E-state index contributed by atoms with van der Waals surface area (Å²) in [7, 11) is 0. The summed E-state index contributed by atoms with van der Waals surface area (Å²) >= 11 is 6.04. The SMILES string of the molecule is OCCN1CC2=C(CN(Cc3cccc(Cl)c3)CC2)N1. The van der Waals surface area contributed by atoms with Gasteiger partial charge >= 0.3 is 0 Å². The Hall–Kier alpha value is -1.07. The predicted molar refractivity (Wildman–Crippen MR) is 80.2 cm³/mol. The van der Waals surface area contributed by atoms with Crippen LogP contribution in [0.4, 0.5) is 0 Å². The number of rotatable bonds is 4. The molecule has 4 nitrogen and oxygen atoms in total. The fraction of sp³-hybridized carbons (Fsp3) is 0.467. The molecule has 2 aliphatic heterocycles. The Kier molecular flexibility index (Phi) is 4.27. The van der Waals surface area contributed by atoms with Gasteiger partial charge in [0.05, 0.1) is 6.61 Å². The third-order valence-corrected chi connectivity index (χ3v) is 4.11. The van der Waals surface area contributed by atoms with E-state index in [-0.39, 0.29) is 6.61 Å². The zero-order chi connectivity index (χ0) is 13.9. The molecular weight excluding hydrogens is 274 g/mol. The van der Waals surface area contributed by atoms with Crippen molar-refractivity contribution in [1.29, 1.82) is 0 Å². The minimum atomic E-state index is 0.194. The monoisotopic (exact) mass is 293 g/mol. The van der Waals surface area contributed by atoms with E-state index >= 15 is 0 Å². The number of nitrogens with one attached hydrogen (secondary N) is 1. The number of hydrogen-bond donors (Lipinski definition) is 2. The fourth-order valence-electron chi connectivity index (χ4n) is 2.89. The highest BCUT2D eigenvalue weighted by molar-refractivity contribution is 6.30. The molecule has 0 aliphatic carbocycles. The van der Waals surface area contributed by atoms with Crippen LogP contribution in [0.1, 0.15) is 12.0 Å². The molecular formula is C15H20ClN3O. The van der Waals surface area contributed by atoms with Crippen LogP contribution in [0.5, 0.6) is 0 Å². The quantitative estimate of drug-likeness (QED) is 0.885. The van der Waals surface area contributed by atoms with Crippen LogP contribution in [0, 0.1) is 0 Å². The summed E-state index contributed by atoms with van der Waals surface area (Å²) in [5.41, 5.74) is 7.46. The summed E-state index contributed by atoms with van der Waals surface area (Å²) in [6, 6.07) is 8.07. The number of halogens is 1.